The van der Waals surface area contributed by atoms with Crippen LogP contribution < -0.4 is 15.9 Å². The van der Waals surface area contributed by atoms with Crippen LogP contribution in [0.2, 0.25) is 0 Å². The molecule has 0 saturated carbocycles. The lowest BCUT2D eigenvalue weighted by molar-refractivity contribution is -0.113. The molecule has 1 aliphatic carbocycles. The zero-order valence-electron chi connectivity index (χ0n) is 18.5. The molecule has 0 saturated heterocycles. The van der Waals surface area contributed by atoms with E-state index in [0.29, 0.717) is 39.1 Å². The van der Waals surface area contributed by atoms with E-state index in [-0.39, 0.29) is 28.8 Å². The molecule has 35 heavy (non-hydrogen) atoms. The predicted molar refractivity (Wildman–Crippen MR) is 131 cm³/mol. The average Bonchev–Trinajstić information content (AvgIpc) is 3.26. The number of anilines is 1. The van der Waals surface area contributed by atoms with Crippen LogP contribution in [-0.2, 0) is 4.79 Å². The summed E-state index contributed by atoms with van der Waals surface area (Å²) in [4.78, 5) is 38.2. The number of fused-ring (bicyclic) bond motifs is 2. The Kier molecular flexibility index (Phi) is 5.79. The largest absolute Gasteiger partial charge is 0.497 e. The fourth-order valence-electron chi connectivity index (χ4n) is 3.82. The summed E-state index contributed by atoms with van der Waals surface area (Å²) in [6.45, 7) is 0. The van der Waals surface area contributed by atoms with Gasteiger partial charge < -0.3 is 15.9 Å². The van der Waals surface area contributed by atoms with Gasteiger partial charge >= 0.3 is 0 Å². The number of carbonyl (C=O) groups excluding carboxylic acids is 3. The standard InChI is InChI=1S/C25H19N5O4S/c1-34-16-9-6-14(7-10-16)24-28-29-25(30(24)26)35-13-21(31)27-15-8-11-19-20(12-15)23(33)18-5-3-2-4-17(18)22(19)32/h2-12H,13,26H2,1H3,(H,27,31). The van der Waals surface area contributed by atoms with E-state index < -0.39 is 0 Å². The number of hydrogen-bond acceptors (Lipinski definition) is 8. The minimum atomic E-state index is -0.320. The number of hydrogen-bond donors (Lipinski definition) is 2. The highest BCUT2D eigenvalue weighted by molar-refractivity contribution is 7.99. The molecule has 5 rings (SSSR count). The lowest BCUT2D eigenvalue weighted by Gasteiger charge is -2.18. The number of benzene rings is 3. The third-order valence-electron chi connectivity index (χ3n) is 5.55. The fraction of sp³-hybridized carbons (Fsp3) is 0.0800. The Morgan fingerprint density at radius 1 is 0.943 bits per heavy atom. The number of aromatic nitrogens is 3. The molecule has 0 radical (unpaired) electrons. The number of ether oxygens (including phenoxy) is 1. The van der Waals surface area contributed by atoms with Gasteiger partial charge in [-0.2, -0.15) is 0 Å². The van der Waals surface area contributed by atoms with E-state index in [4.69, 9.17) is 10.6 Å². The SMILES string of the molecule is COc1ccc(-c2nnc(SCC(=O)Nc3ccc4c(c3)C(=O)c3ccccc3C4=O)n2N)cc1. The van der Waals surface area contributed by atoms with Crippen LogP contribution in [0.25, 0.3) is 11.4 Å². The van der Waals surface area contributed by atoms with Crippen molar-refractivity contribution in [2.24, 2.45) is 0 Å². The second-order valence-corrected chi connectivity index (χ2v) is 8.65. The van der Waals surface area contributed by atoms with Crippen LogP contribution in [0.1, 0.15) is 31.8 Å². The molecule has 0 spiro atoms. The topological polar surface area (TPSA) is 129 Å². The van der Waals surface area contributed by atoms with Gasteiger partial charge in [-0.1, -0.05) is 36.0 Å². The molecule has 0 unspecified atom stereocenters. The second-order valence-electron chi connectivity index (χ2n) is 7.71. The molecule has 3 aromatic carbocycles. The number of methoxy groups -OCH3 is 1. The van der Waals surface area contributed by atoms with Gasteiger partial charge in [0.1, 0.15) is 5.75 Å². The van der Waals surface area contributed by atoms with Crippen LogP contribution in [0, 0.1) is 0 Å². The number of nitrogen functional groups attached to an aromatic ring is 1. The van der Waals surface area contributed by atoms with Gasteiger partial charge in [-0.15, -0.1) is 10.2 Å². The molecular weight excluding hydrogens is 466 g/mol. The van der Waals surface area contributed by atoms with Gasteiger partial charge in [0, 0.05) is 33.5 Å². The van der Waals surface area contributed by atoms with Crippen LogP contribution >= 0.6 is 11.8 Å². The van der Waals surface area contributed by atoms with Gasteiger partial charge in [-0.3, -0.25) is 14.4 Å². The van der Waals surface area contributed by atoms with E-state index >= 15 is 0 Å². The number of nitrogens with two attached hydrogens (primary N) is 1. The van der Waals surface area contributed by atoms with Crippen molar-refractivity contribution in [2.45, 2.75) is 5.16 Å². The maximum Gasteiger partial charge on any atom is 0.234 e. The quantitative estimate of drug-likeness (QED) is 0.277. The van der Waals surface area contributed by atoms with Crippen molar-refractivity contribution in [3.8, 4) is 17.1 Å². The van der Waals surface area contributed by atoms with Gasteiger partial charge in [0.25, 0.3) is 0 Å². The number of rotatable bonds is 6. The summed E-state index contributed by atoms with van der Waals surface area (Å²) in [7, 11) is 1.58. The highest BCUT2D eigenvalue weighted by Crippen LogP contribution is 2.29. The first-order valence-corrected chi connectivity index (χ1v) is 11.5. The molecule has 9 nitrogen and oxygen atoms in total. The Hall–Kier alpha value is -4.44. The first kappa shape index (κ1) is 22.4. The van der Waals surface area contributed by atoms with Gasteiger partial charge in [0.15, 0.2) is 17.4 Å². The predicted octanol–water partition coefficient (Wildman–Crippen LogP) is 3.17. The maximum atomic E-state index is 12.9. The lowest BCUT2D eigenvalue weighted by Crippen LogP contribution is -2.22. The molecule has 1 heterocycles. The molecule has 0 fully saturated rings. The van der Waals surface area contributed by atoms with Crippen molar-refractivity contribution in [3.63, 3.8) is 0 Å². The minimum Gasteiger partial charge on any atom is -0.497 e. The number of ketones is 2. The highest BCUT2D eigenvalue weighted by atomic mass is 32.2. The molecule has 174 valence electrons. The van der Waals surface area contributed by atoms with E-state index in [2.05, 4.69) is 15.5 Å². The van der Waals surface area contributed by atoms with Crippen LogP contribution in [0.4, 0.5) is 5.69 Å². The maximum absolute atomic E-state index is 12.9. The van der Waals surface area contributed by atoms with Gasteiger partial charge in [-0.05, 0) is 42.5 Å². The zero-order valence-corrected chi connectivity index (χ0v) is 19.3. The smallest absolute Gasteiger partial charge is 0.234 e. The molecule has 10 heteroatoms. The van der Waals surface area contributed by atoms with E-state index in [1.54, 1.807) is 55.6 Å². The molecule has 1 amide bonds. The van der Waals surface area contributed by atoms with Crippen LogP contribution in [0.3, 0.4) is 0 Å². The Labute approximate surface area is 204 Å². The minimum absolute atomic E-state index is 0.0186. The summed E-state index contributed by atoms with van der Waals surface area (Å²) in [5.74, 6) is 6.53. The van der Waals surface area contributed by atoms with Crippen molar-refractivity contribution in [1.82, 2.24) is 14.9 Å². The van der Waals surface area contributed by atoms with Crippen molar-refractivity contribution in [1.29, 1.82) is 0 Å². The molecule has 0 bridgehead atoms. The van der Waals surface area contributed by atoms with Gasteiger partial charge in [-0.25, -0.2) is 4.68 Å². The summed E-state index contributed by atoms with van der Waals surface area (Å²) in [6, 6.07) is 18.6. The summed E-state index contributed by atoms with van der Waals surface area (Å²) in [5, 5.41) is 11.3. The Bertz CT molecular complexity index is 1480. The van der Waals surface area contributed by atoms with Crippen LogP contribution in [0.15, 0.2) is 71.9 Å². The summed E-state index contributed by atoms with van der Waals surface area (Å²) in [5.41, 5.74) is 2.51. The molecule has 4 aromatic rings. The molecular formula is C25H19N5O4S. The molecule has 3 N–H and O–H groups in total. The van der Waals surface area contributed by atoms with Gasteiger partial charge in [0.05, 0.1) is 12.9 Å². The van der Waals surface area contributed by atoms with E-state index in [1.807, 2.05) is 12.1 Å². The first-order chi connectivity index (χ1) is 17.0. The summed E-state index contributed by atoms with van der Waals surface area (Å²) < 4.78 is 6.47. The third-order valence-corrected chi connectivity index (χ3v) is 6.50. The average molecular weight is 486 g/mol. The first-order valence-electron chi connectivity index (χ1n) is 10.6. The van der Waals surface area contributed by atoms with E-state index in [1.165, 1.54) is 10.7 Å². The third kappa shape index (κ3) is 4.15. The number of thioether (sulfide) groups is 1. The Balaban J connectivity index is 1.27. The number of nitrogens with one attached hydrogen (secondary N) is 1. The number of amides is 1. The summed E-state index contributed by atoms with van der Waals surface area (Å²) in [6.07, 6.45) is 0. The Morgan fingerprint density at radius 3 is 2.29 bits per heavy atom. The Morgan fingerprint density at radius 2 is 1.60 bits per heavy atom. The normalized spacial score (nSPS) is 12.1. The highest BCUT2D eigenvalue weighted by Gasteiger charge is 2.29. The number of carbonyl (C=O) groups is 3. The van der Waals surface area contributed by atoms with Crippen molar-refractivity contribution in [2.75, 3.05) is 24.0 Å². The fourth-order valence-corrected chi connectivity index (χ4v) is 4.47. The molecule has 0 aliphatic heterocycles. The molecule has 0 atom stereocenters. The van der Waals surface area contributed by atoms with E-state index in [0.717, 1.165) is 17.3 Å². The second kappa shape index (κ2) is 9.07. The lowest BCUT2D eigenvalue weighted by atomic mass is 9.84. The van der Waals surface area contributed by atoms with Crippen molar-refractivity contribution < 1.29 is 19.1 Å². The summed E-state index contributed by atoms with van der Waals surface area (Å²) >= 11 is 1.12. The van der Waals surface area contributed by atoms with E-state index in [9.17, 15) is 14.4 Å². The van der Waals surface area contributed by atoms with Crippen molar-refractivity contribution in [3.05, 3.63) is 89.0 Å². The van der Waals surface area contributed by atoms with Crippen molar-refractivity contribution >= 4 is 34.9 Å². The zero-order chi connectivity index (χ0) is 24.5. The van der Waals surface area contributed by atoms with Crippen LogP contribution in [-0.4, -0.2) is 45.2 Å². The molecule has 1 aliphatic rings. The number of nitrogens with zero attached hydrogens (tertiary/aromatic N) is 3. The van der Waals surface area contributed by atoms with Gasteiger partial charge in [0.2, 0.25) is 11.1 Å². The monoisotopic (exact) mass is 485 g/mol. The van der Waals surface area contributed by atoms with Crippen LogP contribution in [0.5, 0.6) is 5.75 Å². The molecule has 1 aromatic heterocycles.